The Bertz CT molecular complexity index is 886. The summed E-state index contributed by atoms with van der Waals surface area (Å²) in [4.78, 5) is 14.6. The second-order valence-electron chi connectivity index (χ2n) is 7.78. The summed E-state index contributed by atoms with van der Waals surface area (Å²) in [7, 11) is 0. The van der Waals surface area contributed by atoms with Gasteiger partial charge in [-0.3, -0.25) is 9.69 Å². The summed E-state index contributed by atoms with van der Waals surface area (Å²) in [5.74, 6) is 5.93. The SMILES string of the molecule is O=C(CC[C@H]1CCCN(Cc2ccc(C#CCCO)cc2)C1)Nc1ccccc1F. The lowest BCUT2D eigenvalue weighted by Gasteiger charge is -2.32. The number of nitrogens with one attached hydrogen (secondary N) is 1. The molecule has 1 atom stereocenters. The average molecular weight is 409 g/mol. The lowest BCUT2D eigenvalue weighted by molar-refractivity contribution is -0.116. The van der Waals surface area contributed by atoms with Gasteiger partial charge in [-0.2, -0.15) is 0 Å². The van der Waals surface area contributed by atoms with Crippen molar-refractivity contribution in [1.29, 1.82) is 0 Å². The Hall–Kier alpha value is -2.68. The molecule has 2 aromatic carbocycles. The van der Waals surface area contributed by atoms with E-state index in [0.717, 1.165) is 44.5 Å². The number of carbonyl (C=O) groups is 1. The average Bonchev–Trinajstić information content (AvgIpc) is 2.76. The van der Waals surface area contributed by atoms with Crippen LogP contribution < -0.4 is 5.32 Å². The van der Waals surface area contributed by atoms with Crippen LogP contribution in [0.5, 0.6) is 0 Å². The molecule has 0 aliphatic carbocycles. The lowest BCUT2D eigenvalue weighted by Crippen LogP contribution is -2.35. The fraction of sp³-hybridized carbons (Fsp3) is 0.400. The lowest BCUT2D eigenvalue weighted by atomic mass is 9.93. The van der Waals surface area contributed by atoms with Crippen molar-refractivity contribution in [1.82, 2.24) is 4.90 Å². The molecule has 1 amide bonds. The van der Waals surface area contributed by atoms with Crippen LogP contribution in [-0.4, -0.2) is 35.6 Å². The summed E-state index contributed by atoms with van der Waals surface area (Å²) in [6.07, 6.45) is 3.98. The van der Waals surface area contributed by atoms with Gasteiger partial charge in [-0.25, -0.2) is 4.39 Å². The highest BCUT2D eigenvalue weighted by Crippen LogP contribution is 2.23. The van der Waals surface area contributed by atoms with Gasteiger partial charge >= 0.3 is 0 Å². The van der Waals surface area contributed by atoms with Crippen LogP contribution in [0.4, 0.5) is 10.1 Å². The Morgan fingerprint density at radius 1 is 1.20 bits per heavy atom. The summed E-state index contributed by atoms with van der Waals surface area (Å²) in [6, 6.07) is 14.5. The molecule has 5 heteroatoms. The van der Waals surface area contributed by atoms with Crippen molar-refractivity contribution >= 4 is 11.6 Å². The van der Waals surface area contributed by atoms with E-state index < -0.39 is 5.82 Å². The molecule has 0 unspecified atom stereocenters. The van der Waals surface area contributed by atoms with Crippen LogP contribution in [0.15, 0.2) is 48.5 Å². The van der Waals surface area contributed by atoms with Crippen molar-refractivity contribution in [3.8, 4) is 11.8 Å². The number of para-hydroxylation sites is 1. The molecule has 0 aromatic heterocycles. The number of rotatable bonds is 7. The van der Waals surface area contributed by atoms with Crippen molar-refractivity contribution in [3.05, 3.63) is 65.5 Å². The molecule has 1 aliphatic rings. The van der Waals surface area contributed by atoms with Gasteiger partial charge in [0.2, 0.25) is 5.91 Å². The Morgan fingerprint density at radius 2 is 2.00 bits per heavy atom. The van der Waals surface area contributed by atoms with Gasteiger partial charge in [0, 0.05) is 31.5 Å². The molecule has 3 rings (SSSR count). The van der Waals surface area contributed by atoms with Gasteiger partial charge in [0.1, 0.15) is 5.82 Å². The zero-order valence-corrected chi connectivity index (χ0v) is 17.2. The first-order valence-electron chi connectivity index (χ1n) is 10.6. The second kappa shape index (κ2) is 11.5. The van der Waals surface area contributed by atoms with Gasteiger partial charge in [0.05, 0.1) is 12.3 Å². The fourth-order valence-electron chi connectivity index (χ4n) is 3.81. The maximum atomic E-state index is 13.7. The number of amides is 1. The number of halogens is 1. The van der Waals surface area contributed by atoms with E-state index in [1.54, 1.807) is 18.2 Å². The minimum absolute atomic E-state index is 0.0893. The molecule has 2 N–H and O–H groups in total. The number of carbonyl (C=O) groups excluding carboxylic acids is 1. The first-order valence-corrected chi connectivity index (χ1v) is 10.6. The van der Waals surface area contributed by atoms with Crippen LogP contribution in [0.1, 0.15) is 43.2 Å². The van der Waals surface area contributed by atoms with E-state index in [2.05, 4.69) is 34.2 Å². The third-order valence-corrected chi connectivity index (χ3v) is 5.36. The molecule has 158 valence electrons. The number of hydrogen-bond donors (Lipinski definition) is 2. The summed E-state index contributed by atoms with van der Waals surface area (Å²) in [5.41, 5.74) is 2.46. The number of anilines is 1. The van der Waals surface area contributed by atoms with Gasteiger partial charge in [-0.05, 0) is 61.6 Å². The van der Waals surface area contributed by atoms with Gasteiger partial charge in [0.15, 0.2) is 0 Å². The molecule has 1 saturated heterocycles. The highest BCUT2D eigenvalue weighted by molar-refractivity contribution is 5.90. The Labute approximate surface area is 178 Å². The number of likely N-dealkylation sites (tertiary alicyclic amines) is 1. The summed E-state index contributed by atoms with van der Waals surface area (Å²) >= 11 is 0. The van der Waals surface area contributed by atoms with Crippen LogP contribution in [0.2, 0.25) is 0 Å². The maximum absolute atomic E-state index is 13.7. The number of aliphatic hydroxyl groups is 1. The van der Waals surface area contributed by atoms with Gasteiger partial charge in [0.25, 0.3) is 0 Å². The van der Waals surface area contributed by atoms with E-state index in [1.807, 2.05) is 12.1 Å². The molecule has 4 nitrogen and oxygen atoms in total. The Balaban J connectivity index is 1.44. The van der Waals surface area contributed by atoms with E-state index in [-0.39, 0.29) is 18.2 Å². The van der Waals surface area contributed by atoms with Crippen LogP contribution in [-0.2, 0) is 11.3 Å². The van der Waals surface area contributed by atoms with E-state index in [9.17, 15) is 9.18 Å². The third-order valence-electron chi connectivity index (χ3n) is 5.36. The number of nitrogens with zero attached hydrogens (tertiary/aromatic N) is 1. The van der Waals surface area contributed by atoms with E-state index in [1.165, 1.54) is 11.6 Å². The van der Waals surface area contributed by atoms with Crippen molar-refractivity contribution in [3.63, 3.8) is 0 Å². The molecular weight excluding hydrogens is 379 g/mol. The summed E-state index contributed by atoms with van der Waals surface area (Å²) in [6.45, 7) is 3.02. The number of benzene rings is 2. The zero-order valence-electron chi connectivity index (χ0n) is 17.2. The molecule has 30 heavy (non-hydrogen) atoms. The van der Waals surface area contributed by atoms with E-state index >= 15 is 0 Å². The first kappa shape index (κ1) is 22.0. The van der Waals surface area contributed by atoms with Gasteiger partial charge in [-0.1, -0.05) is 36.1 Å². The molecule has 0 bridgehead atoms. The molecule has 1 fully saturated rings. The second-order valence-corrected chi connectivity index (χ2v) is 7.78. The summed E-state index contributed by atoms with van der Waals surface area (Å²) < 4.78 is 13.7. The quantitative estimate of drug-likeness (QED) is 0.676. The monoisotopic (exact) mass is 408 g/mol. The van der Waals surface area contributed by atoms with E-state index in [0.29, 0.717) is 18.8 Å². The van der Waals surface area contributed by atoms with Crippen molar-refractivity contribution in [2.45, 2.75) is 38.6 Å². The number of piperidine rings is 1. The Kier molecular flexibility index (Phi) is 8.43. The van der Waals surface area contributed by atoms with E-state index in [4.69, 9.17) is 5.11 Å². The third kappa shape index (κ3) is 6.98. The minimum atomic E-state index is -0.403. The van der Waals surface area contributed by atoms with Crippen molar-refractivity contribution in [2.24, 2.45) is 5.92 Å². The molecule has 2 aromatic rings. The van der Waals surface area contributed by atoms with Crippen molar-refractivity contribution in [2.75, 3.05) is 25.0 Å². The molecule has 1 heterocycles. The molecule has 1 aliphatic heterocycles. The Morgan fingerprint density at radius 3 is 2.77 bits per heavy atom. The molecule has 0 saturated carbocycles. The first-order chi connectivity index (χ1) is 14.6. The highest BCUT2D eigenvalue weighted by Gasteiger charge is 2.21. The number of hydrogen-bond acceptors (Lipinski definition) is 3. The predicted octanol–water partition coefficient (Wildman–Crippen LogP) is 4.19. The van der Waals surface area contributed by atoms with Crippen LogP contribution in [0, 0.1) is 23.6 Å². The highest BCUT2D eigenvalue weighted by atomic mass is 19.1. The van der Waals surface area contributed by atoms with Crippen LogP contribution in [0.25, 0.3) is 0 Å². The minimum Gasteiger partial charge on any atom is -0.395 e. The smallest absolute Gasteiger partial charge is 0.224 e. The van der Waals surface area contributed by atoms with Gasteiger partial charge < -0.3 is 10.4 Å². The normalized spacial score (nSPS) is 16.5. The van der Waals surface area contributed by atoms with Crippen molar-refractivity contribution < 1.29 is 14.3 Å². The van der Waals surface area contributed by atoms with Crippen LogP contribution in [0.3, 0.4) is 0 Å². The molecule has 0 spiro atoms. The van der Waals surface area contributed by atoms with Crippen LogP contribution >= 0.6 is 0 Å². The number of aliphatic hydroxyl groups excluding tert-OH is 1. The van der Waals surface area contributed by atoms with Gasteiger partial charge in [-0.15, -0.1) is 0 Å². The molecular formula is C25H29FN2O2. The maximum Gasteiger partial charge on any atom is 0.224 e. The standard InChI is InChI=1S/C25H29FN2O2/c26-23-8-1-2-9-24(23)27-25(30)15-14-21-7-5-16-28(18-21)19-22-12-10-20(11-13-22)6-3-4-17-29/h1-2,8-13,21,29H,4-5,7,14-19H2,(H,27,30)/t21-/m1/s1. The largest absolute Gasteiger partial charge is 0.395 e. The zero-order chi connectivity index (χ0) is 21.2. The fourth-order valence-corrected chi connectivity index (χ4v) is 3.81. The molecule has 0 radical (unpaired) electrons. The predicted molar refractivity (Wildman–Crippen MR) is 117 cm³/mol. The topological polar surface area (TPSA) is 52.6 Å². The summed E-state index contributed by atoms with van der Waals surface area (Å²) in [5, 5.41) is 11.5.